The van der Waals surface area contributed by atoms with Crippen LogP contribution < -0.4 is 25.6 Å². The van der Waals surface area contributed by atoms with E-state index in [1.54, 1.807) is 17.2 Å². The maximum absolute atomic E-state index is 13.4. The molecule has 9 nitrogen and oxygen atoms in total. The number of hydrogen-bond acceptors (Lipinski definition) is 7. The highest BCUT2D eigenvalue weighted by Crippen LogP contribution is 2.46. The van der Waals surface area contributed by atoms with E-state index in [4.69, 9.17) is 9.47 Å². The van der Waals surface area contributed by atoms with Gasteiger partial charge in [0.15, 0.2) is 0 Å². The highest BCUT2D eigenvalue weighted by atomic mass is 32.1. The number of carbonyl (C=O) groups excluding carboxylic acids is 2. The first-order valence-corrected chi connectivity index (χ1v) is 12.9. The number of rotatable bonds is 5. The van der Waals surface area contributed by atoms with Crippen molar-refractivity contribution < 1.29 is 19.1 Å². The Balaban J connectivity index is 1.33. The van der Waals surface area contributed by atoms with Crippen molar-refractivity contribution in [2.75, 3.05) is 36.5 Å². The molecule has 6 rings (SSSR count). The van der Waals surface area contributed by atoms with Crippen molar-refractivity contribution in [3.05, 3.63) is 71.2 Å². The fourth-order valence-electron chi connectivity index (χ4n) is 4.60. The lowest BCUT2D eigenvalue weighted by molar-refractivity contribution is 0.0888. The van der Waals surface area contributed by atoms with Crippen molar-refractivity contribution in [3.63, 3.8) is 0 Å². The number of urea groups is 1. The Morgan fingerprint density at radius 2 is 2.03 bits per heavy atom. The quantitative estimate of drug-likeness (QED) is 0.353. The third-order valence-corrected chi connectivity index (χ3v) is 7.40. The molecule has 0 aliphatic carbocycles. The third kappa shape index (κ3) is 4.50. The number of benzene rings is 2. The summed E-state index contributed by atoms with van der Waals surface area (Å²) in [6.45, 7) is 4.35. The number of thiophene rings is 1. The molecule has 3 amide bonds. The van der Waals surface area contributed by atoms with E-state index in [-0.39, 0.29) is 18.0 Å². The summed E-state index contributed by atoms with van der Waals surface area (Å²) in [5.74, 6) is 1.16. The minimum atomic E-state index is -0.341. The minimum Gasteiger partial charge on any atom is -0.457 e. The lowest BCUT2D eigenvalue weighted by Crippen LogP contribution is -2.43. The lowest BCUT2D eigenvalue weighted by Gasteiger charge is -2.29. The normalized spacial score (nSPS) is 17.3. The van der Waals surface area contributed by atoms with E-state index >= 15 is 0 Å². The van der Waals surface area contributed by atoms with Crippen molar-refractivity contribution in [2.45, 2.75) is 13.0 Å². The van der Waals surface area contributed by atoms with Crippen LogP contribution in [0.5, 0.6) is 11.5 Å². The van der Waals surface area contributed by atoms with Crippen molar-refractivity contribution >= 4 is 50.6 Å². The molecule has 37 heavy (non-hydrogen) atoms. The van der Waals surface area contributed by atoms with E-state index in [9.17, 15) is 9.59 Å². The smallest absolute Gasteiger partial charge is 0.331 e. The summed E-state index contributed by atoms with van der Waals surface area (Å²) >= 11 is 1.27. The van der Waals surface area contributed by atoms with Crippen LogP contribution in [0.1, 0.15) is 15.2 Å². The number of pyridine rings is 1. The number of anilines is 3. The zero-order valence-corrected chi connectivity index (χ0v) is 20.9. The van der Waals surface area contributed by atoms with Gasteiger partial charge in [0.25, 0.3) is 5.91 Å². The summed E-state index contributed by atoms with van der Waals surface area (Å²) in [6.07, 6.45) is 1.66. The van der Waals surface area contributed by atoms with E-state index < -0.39 is 0 Å². The fraction of sp³-hybridized carbons (Fsp3) is 0.222. The first-order chi connectivity index (χ1) is 18.1. The molecular weight excluding hydrogens is 490 g/mol. The number of nitrogens with zero attached hydrogens (tertiary/aromatic N) is 2. The maximum Gasteiger partial charge on any atom is 0.331 e. The van der Waals surface area contributed by atoms with Gasteiger partial charge in [-0.1, -0.05) is 18.2 Å². The number of para-hydroxylation sites is 1. The Morgan fingerprint density at radius 3 is 2.86 bits per heavy atom. The average molecular weight is 516 g/mol. The predicted octanol–water partition coefficient (Wildman–Crippen LogP) is 4.80. The molecule has 2 aliphatic rings. The highest BCUT2D eigenvalue weighted by Gasteiger charge is 2.33. The molecule has 0 saturated carbocycles. The molecule has 4 aromatic rings. The number of aromatic nitrogens is 1. The maximum atomic E-state index is 13.4. The molecule has 0 radical (unpaired) electrons. The molecular formula is C27H25N5O4S. The van der Waals surface area contributed by atoms with E-state index in [0.717, 1.165) is 28.9 Å². The van der Waals surface area contributed by atoms with Gasteiger partial charge in [0.1, 0.15) is 21.2 Å². The Hall–Kier alpha value is -3.99. The zero-order chi connectivity index (χ0) is 25.4. The number of nitrogens with one attached hydrogen (secondary N) is 3. The SMILES string of the molecule is Cc1cc(Oc2ccccc2)ccc1N1C(=O)Nc2c(C(=O)NC3CNCCOC3)sc3nccc1c23. The van der Waals surface area contributed by atoms with Crippen molar-refractivity contribution in [1.29, 1.82) is 0 Å². The van der Waals surface area contributed by atoms with E-state index in [2.05, 4.69) is 20.9 Å². The zero-order valence-electron chi connectivity index (χ0n) is 20.1. The first-order valence-electron chi connectivity index (χ1n) is 12.0. The first kappa shape index (κ1) is 23.4. The third-order valence-electron chi connectivity index (χ3n) is 6.31. The van der Waals surface area contributed by atoms with Gasteiger partial charge in [-0.15, -0.1) is 11.3 Å². The summed E-state index contributed by atoms with van der Waals surface area (Å²) in [5.41, 5.74) is 2.75. The van der Waals surface area contributed by atoms with E-state index in [1.807, 2.05) is 55.5 Å². The van der Waals surface area contributed by atoms with E-state index in [0.29, 0.717) is 46.6 Å². The molecule has 1 unspecified atom stereocenters. The van der Waals surface area contributed by atoms with Gasteiger partial charge >= 0.3 is 6.03 Å². The molecule has 1 saturated heterocycles. The summed E-state index contributed by atoms with van der Waals surface area (Å²) in [6, 6.07) is 16.4. The van der Waals surface area contributed by atoms with Crippen LogP contribution in [0.15, 0.2) is 60.8 Å². The molecule has 1 fully saturated rings. The predicted molar refractivity (Wildman–Crippen MR) is 143 cm³/mol. The van der Waals surface area contributed by atoms with Crippen LogP contribution in [0.2, 0.25) is 0 Å². The van der Waals surface area contributed by atoms with Crippen LogP contribution in [-0.2, 0) is 4.74 Å². The summed E-state index contributed by atoms with van der Waals surface area (Å²) < 4.78 is 11.5. The average Bonchev–Trinajstić information content (AvgIpc) is 3.07. The molecule has 1 atom stereocenters. The van der Waals surface area contributed by atoms with Gasteiger partial charge in [0.05, 0.1) is 41.7 Å². The van der Waals surface area contributed by atoms with Gasteiger partial charge < -0.3 is 25.4 Å². The molecule has 188 valence electrons. The number of hydrogen-bond donors (Lipinski definition) is 3. The molecule has 2 aliphatic heterocycles. The van der Waals surface area contributed by atoms with Crippen LogP contribution in [0, 0.1) is 6.92 Å². The number of amides is 3. The van der Waals surface area contributed by atoms with Crippen molar-refractivity contribution in [2.24, 2.45) is 0 Å². The number of aryl methyl sites for hydroxylation is 1. The minimum absolute atomic E-state index is 0.157. The molecule has 2 aromatic heterocycles. The van der Waals surface area contributed by atoms with Gasteiger partial charge in [-0.05, 0) is 48.9 Å². The van der Waals surface area contributed by atoms with Gasteiger partial charge in [0.2, 0.25) is 0 Å². The van der Waals surface area contributed by atoms with Gasteiger partial charge in [-0.25, -0.2) is 9.78 Å². The number of carbonyl (C=O) groups is 2. The molecule has 2 aromatic carbocycles. The summed E-state index contributed by atoms with van der Waals surface area (Å²) in [7, 11) is 0. The second kappa shape index (κ2) is 9.81. The van der Waals surface area contributed by atoms with E-state index in [1.165, 1.54) is 11.3 Å². The lowest BCUT2D eigenvalue weighted by atomic mass is 10.1. The molecule has 0 spiro atoms. The topological polar surface area (TPSA) is 105 Å². The monoisotopic (exact) mass is 515 g/mol. The standard InChI is InChI=1S/C27H25N5O4S/c1-16-13-19(36-18-5-3-2-4-6-18)7-8-20(16)32-21-9-10-29-26-22(21)23(31-27(32)34)24(37-26)25(33)30-17-14-28-11-12-35-15-17/h2-10,13,17,28H,11-12,14-15H2,1H3,(H,30,33)(H,31,34). The molecule has 0 bridgehead atoms. The Bertz CT molecular complexity index is 1480. The number of ether oxygens (including phenoxy) is 2. The van der Waals surface area contributed by atoms with Crippen LogP contribution in [0.25, 0.3) is 10.2 Å². The second-order valence-electron chi connectivity index (χ2n) is 8.89. The largest absolute Gasteiger partial charge is 0.457 e. The molecule has 3 N–H and O–H groups in total. The van der Waals surface area contributed by atoms with Crippen LogP contribution in [0.4, 0.5) is 21.9 Å². The fourth-order valence-corrected chi connectivity index (χ4v) is 5.62. The molecule has 10 heteroatoms. The molecule has 4 heterocycles. The highest BCUT2D eigenvalue weighted by molar-refractivity contribution is 7.21. The summed E-state index contributed by atoms with van der Waals surface area (Å²) in [4.78, 5) is 33.9. The second-order valence-corrected chi connectivity index (χ2v) is 9.89. The van der Waals surface area contributed by atoms with Gasteiger partial charge in [-0.2, -0.15) is 0 Å². The van der Waals surface area contributed by atoms with Crippen LogP contribution in [0.3, 0.4) is 0 Å². The summed E-state index contributed by atoms with van der Waals surface area (Å²) in [5, 5.41) is 9.97. The van der Waals surface area contributed by atoms with Crippen LogP contribution >= 0.6 is 11.3 Å². The Kier molecular flexibility index (Phi) is 6.21. The van der Waals surface area contributed by atoms with Crippen LogP contribution in [-0.4, -0.2) is 49.3 Å². The van der Waals surface area contributed by atoms with Crippen molar-refractivity contribution in [3.8, 4) is 11.5 Å². The Morgan fingerprint density at radius 1 is 1.16 bits per heavy atom. The van der Waals surface area contributed by atoms with Crippen molar-refractivity contribution in [1.82, 2.24) is 15.6 Å². The van der Waals surface area contributed by atoms with Gasteiger partial charge in [0, 0.05) is 19.3 Å². The van der Waals surface area contributed by atoms with Gasteiger partial charge in [-0.3, -0.25) is 9.69 Å². The Labute approximate surface area is 217 Å².